The molecule has 3 aromatic rings. The Balaban J connectivity index is 1.44. The molecule has 5 rings (SSSR count). The second-order valence-corrected chi connectivity index (χ2v) is 10.3. The van der Waals surface area contributed by atoms with E-state index >= 15 is 0 Å². The second-order valence-electron chi connectivity index (χ2n) is 10.3. The van der Waals surface area contributed by atoms with Gasteiger partial charge in [-0.15, -0.1) is 6.58 Å². The maximum absolute atomic E-state index is 11.4. The summed E-state index contributed by atoms with van der Waals surface area (Å²) in [6, 6.07) is 29.7. The number of rotatable bonds is 13. The summed E-state index contributed by atoms with van der Waals surface area (Å²) in [5.74, 6) is -0.340. The van der Waals surface area contributed by atoms with E-state index in [0.29, 0.717) is 19.8 Å². The number of aliphatic hydroxyl groups excluding tert-OH is 1. The van der Waals surface area contributed by atoms with Gasteiger partial charge in [0.25, 0.3) is 0 Å². The molecule has 3 aromatic carbocycles. The van der Waals surface area contributed by atoms with Crippen LogP contribution in [0.3, 0.4) is 0 Å². The van der Waals surface area contributed by atoms with E-state index in [-0.39, 0.29) is 18.6 Å². The molecule has 0 amide bonds. The lowest BCUT2D eigenvalue weighted by atomic mass is 9.86. The molecule has 7 nitrogen and oxygen atoms in total. The van der Waals surface area contributed by atoms with Gasteiger partial charge in [-0.25, -0.2) is 0 Å². The highest BCUT2D eigenvalue weighted by Crippen LogP contribution is 2.36. The predicted octanol–water partition coefficient (Wildman–Crippen LogP) is 5.23. The van der Waals surface area contributed by atoms with Crippen molar-refractivity contribution in [3.63, 3.8) is 0 Å². The lowest BCUT2D eigenvalue weighted by Gasteiger charge is -2.47. The van der Waals surface area contributed by atoms with Crippen LogP contribution in [-0.4, -0.2) is 54.8 Å². The highest BCUT2D eigenvalue weighted by Gasteiger charge is 2.52. The molecule has 1 unspecified atom stereocenters. The van der Waals surface area contributed by atoms with Crippen molar-refractivity contribution < 1.29 is 33.5 Å². The van der Waals surface area contributed by atoms with E-state index in [4.69, 9.17) is 28.4 Å². The monoisotopic (exact) mass is 559 g/mol. The fourth-order valence-electron chi connectivity index (χ4n) is 5.33. The molecule has 0 spiro atoms. The second kappa shape index (κ2) is 14.8. The van der Waals surface area contributed by atoms with Gasteiger partial charge < -0.3 is 33.5 Å². The van der Waals surface area contributed by atoms with Gasteiger partial charge in [-0.3, -0.25) is 0 Å². The third kappa shape index (κ3) is 7.70. The Morgan fingerprint density at radius 1 is 0.756 bits per heavy atom. The van der Waals surface area contributed by atoms with Crippen LogP contribution >= 0.6 is 0 Å². The summed E-state index contributed by atoms with van der Waals surface area (Å²) in [5.41, 5.74) is 2.99. The van der Waals surface area contributed by atoms with Crippen molar-refractivity contribution in [1.29, 1.82) is 0 Å². The van der Waals surface area contributed by atoms with Crippen molar-refractivity contribution in [3.05, 3.63) is 127 Å². The molecule has 0 aromatic heterocycles. The molecule has 2 saturated heterocycles. The zero-order valence-corrected chi connectivity index (χ0v) is 23.4. The Labute approximate surface area is 242 Å². The Bertz CT molecular complexity index is 1180. The average molecular weight is 560 g/mol. The molecule has 0 bridgehead atoms. The average Bonchev–Trinajstić information content (AvgIpc) is 3.50. The highest BCUT2D eigenvalue weighted by molar-refractivity contribution is 5.16. The molecule has 1 N–H and O–H groups in total. The SMILES string of the molecule is C=C[C@@H]([C@H]1O[C@H](O)[C@@H](OCc2ccccc2)[C@@H](OCc2ccccc2)[C@@H]1OCc1ccccc1)[C@H]1COC([CH]C)O1. The van der Waals surface area contributed by atoms with Gasteiger partial charge in [-0.1, -0.05) is 104 Å². The van der Waals surface area contributed by atoms with Crippen molar-refractivity contribution in [1.82, 2.24) is 0 Å². The summed E-state index contributed by atoms with van der Waals surface area (Å²) in [5, 5.41) is 11.4. The van der Waals surface area contributed by atoms with E-state index < -0.39 is 37.0 Å². The van der Waals surface area contributed by atoms with E-state index in [2.05, 4.69) is 6.58 Å². The van der Waals surface area contributed by atoms with Crippen LogP contribution in [0, 0.1) is 12.3 Å². The maximum Gasteiger partial charge on any atom is 0.184 e. The summed E-state index contributed by atoms with van der Waals surface area (Å²) in [4.78, 5) is 0. The van der Waals surface area contributed by atoms with Gasteiger partial charge in [0.2, 0.25) is 0 Å². The van der Waals surface area contributed by atoms with E-state index in [9.17, 15) is 5.11 Å². The summed E-state index contributed by atoms with van der Waals surface area (Å²) in [6.07, 6.45) is -1.06. The minimum atomic E-state index is -1.26. The van der Waals surface area contributed by atoms with Crippen LogP contribution in [0.4, 0.5) is 0 Å². The summed E-state index contributed by atoms with van der Waals surface area (Å²) in [6.45, 7) is 7.28. The Hall–Kier alpha value is -2.88. The number of hydrogen-bond donors (Lipinski definition) is 1. The van der Waals surface area contributed by atoms with E-state index in [1.165, 1.54) is 0 Å². The van der Waals surface area contributed by atoms with Crippen LogP contribution in [0.1, 0.15) is 23.6 Å². The summed E-state index contributed by atoms with van der Waals surface area (Å²) in [7, 11) is 0. The van der Waals surface area contributed by atoms with Crippen molar-refractivity contribution in [2.24, 2.45) is 5.92 Å². The smallest absolute Gasteiger partial charge is 0.184 e. The standard InChI is InChI=1S/C34H39O7/c1-3-27(28-23-36-29(4-2)40-28)30-31(37-20-24-14-8-5-9-15-24)32(38-21-25-16-10-6-11-17-25)33(34(35)41-30)39-22-26-18-12-7-13-19-26/h3-19,27-35H,1,20-23H2,2H3/t27-,28-,29?,30-,31-,32+,33+,34+/m1/s1. The molecule has 0 aliphatic carbocycles. The molecule has 2 fully saturated rings. The van der Waals surface area contributed by atoms with E-state index in [1.807, 2.05) is 104 Å². The van der Waals surface area contributed by atoms with Crippen molar-refractivity contribution in [2.75, 3.05) is 6.61 Å². The van der Waals surface area contributed by atoms with Gasteiger partial charge in [0.15, 0.2) is 12.6 Å². The summed E-state index contributed by atoms with van der Waals surface area (Å²) >= 11 is 0. The molecule has 217 valence electrons. The minimum Gasteiger partial charge on any atom is -0.368 e. The number of hydrogen-bond acceptors (Lipinski definition) is 7. The fraction of sp³-hybridized carbons (Fsp3) is 0.382. The molecular weight excluding hydrogens is 520 g/mol. The van der Waals surface area contributed by atoms with Gasteiger partial charge in [0.1, 0.15) is 18.3 Å². The quantitative estimate of drug-likeness (QED) is 0.288. The summed E-state index contributed by atoms with van der Waals surface area (Å²) < 4.78 is 37.7. The molecule has 2 aliphatic rings. The van der Waals surface area contributed by atoms with Crippen LogP contribution < -0.4 is 0 Å². The van der Waals surface area contributed by atoms with Gasteiger partial charge in [0, 0.05) is 12.3 Å². The molecule has 7 heteroatoms. The molecule has 41 heavy (non-hydrogen) atoms. The molecular formula is C34H39O7. The van der Waals surface area contributed by atoms with Crippen molar-refractivity contribution in [3.8, 4) is 0 Å². The lowest BCUT2D eigenvalue weighted by Crippen LogP contribution is -2.62. The van der Waals surface area contributed by atoms with Gasteiger partial charge in [-0.05, 0) is 16.7 Å². The third-order valence-corrected chi connectivity index (χ3v) is 7.49. The topological polar surface area (TPSA) is 75.6 Å². The van der Waals surface area contributed by atoms with Gasteiger partial charge >= 0.3 is 0 Å². The van der Waals surface area contributed by atoms with E-state index in [0.717, 1.165) is 16.7 Å². The first-order chi connectivity index (χ1) is 20.2. The van der Waals surface area contributed by atoms with Crippen LogP contribution in [0.25, 0.3) is 0 Å². The lowest BCUT2D eigenvalue weighted by molar-refractivity contribution is -0.320. The molecule has 2 aliphatic heterocycles. The molecule has 2 heterocycles. The van der Waals surface area contributed by atoms with Crippen LogP contribution in [0.5, 0.6) is 0 Å². The predicted molar refractivity (Wildman–Crippen MR) is 154 cm³/mol. The zero-order valence-electron chi connectivity index (χ0n) is 23.4. The fourth-order valence-corrected chi connectivity index (χ4v) is 5.33. The first-order valence-electron chi connectivity index (χ1n) is 14.2. The highest BCUT2D eigenvalue weighted by atomic mass is 16.7. The largest absolute Gasteiger partial charge is 0.368 e. The Kier molecular flexibility index (Phi) is 10.7. The van der Waals surface area contributed by atoms with Crippen molar-refractivity contribution in [2.45, 2.75) is 69.8 Å². The first-order valence-corrected chi connectivity index (χ1v) is 14.2. The third-order valence-electron chi connectivity index (χ3n) is 7.49. The molecule has 1 radical (unpaired) electrons. The first kappa shape index (κ1) is 29.6. The van der Waals surface area contributed by atoms with Crippen molar-refractivity contribution >= 4 is 0 Å². The normalized spacial score (nSPS) is 28.8. The van der Waals surface area contributed by atoms with Gasteiger partial charge in [-0.2, -0.15) is 0 Å². The molecule has 8 atom stereocenters. The zero-order chi connectivity index (χ0) is 28.4. The van der Waals surface area contributed by atoms with Crippen LogP contribution in [-0.2, 0) is 48.2 Å². The number of benzene rings is 3. The van der Waals surface area contributed by atoms with E-state index in [1.54, 1.807) is 6.08 Å². The van der Waals surface area contributed by atoms with Crippen LogP contribution in [0.15, 0.2) is 104 Å². The Morgan fingerprint density at radius 3 is 1.71 bits per heavy atom. The minimum absolute atomic E-state index is 0.283. The molecule has 0 saturated carbocycles. The maximum atomic E-state index is 11.4. The van der Waals surface area contributed by atoms with Gasteiger partial charge in [0.05, 0.1) is 38.6 Å². The van der Waals surface area contributed by atoms with Crippen LogP contribution in [0.2, 0.25) is 0 Å². The number of ether oxygens (including phenoxy) is 6. The number of aliphatic hydroxyl groups is 1. The Morgan fingerprint density at radius 2 is 1.24 bits per heavy atom.